The molecule has 3 aromatic rings. The summed E-state index contributed by atoms with van der Waals surface area (Å²) in [5.74, 6) is 1.10. The summed E-state index contributed by atoms with van der Waals surface area (Å²) in [7, 11) is 0. The number of benzene rings is 2. The molecule has 3 rings (SSSR count). The summed E-state index contributed by atoms with van der Waals surface area (Å²) in [6, 6.07) is 14.3. The fraction of sp³-hybridized carbons (Fsp3) is 0.263. The molecule has 110 valence electrons. The van der Waals surface area contributed by atoms with Gasteiger partial charge in [0.25, 0.3) is 0 Å². The molecule has 0 unspecified atom stereocenters. The van der Waals surface area contributed by atoms with E-state index in [1.165, 1.54) is 22.2 Å². The van der Waals surface area contributed by atoms with Gasteiger partial charge in [0.2, 0.25) is 0 Å². The molecule has 0 amide bonds. The summed E-state index contributed by atoms with van der Waals surface area (Å²) in [5, 5.41) is 8.90. The van der Waals surface area contributed by atoms with Crippen LogP contribution >= 0.6 is 0 Å². The minimum atomic E-state index is 0.696. The average molecular weight is 289 g/mol. The van der Waals surface area contributed by atoms with Crippen LogP contribution in [0.5, 0.6) is 0 Å². The normalized spacial score (nSPS) is 10.8. The lowest BCUT2D eigenvalue weighted by atomic mass is 10.1. The second kappa shape index (κ2) is 5.65. The van der Waals surface area contributed by atoms with Crippen molar-refractivity contribution < 1.29 is 0 Å². The van der Waals surface area contributed by atoms with E-state index < -0.39 is 0 Å². The third-order valence-corrected chi connectivity index (χ3v) is 4.18. The third-order valence-electron chi connectivity index (χ3n) is 4.18. The summed E-state index contributed by atoms with van der Waals surface area (Å²) in [6.45, 7) is 7.18. The van der Waals surface area contributed by atoms with Crippen molar-refractivity contribution in [3.05, 3.63) is 64.5 Å². The number of rotatable bonds is 3. The lowest BCUT2D eigenvalue weighted by Crippen LogP contribution is -2.04. The van der Waals surface area contributed by atoms with Gasteiger partial charge >= 0.3 is 0 Å². The minimum Gasteiger partial charge on any atom is -0.323 e. The number of nitriles is 1. The molecule has 0 aliphatic rings. The van der Waals surface area contributed by atoms with Crippen LogP contribution in [-0.2, 0) is 13.0 Å². The van der Waals surface area contributed by atoms with Crippen LogP contribution < -0.4 is 0 Å². The van der Waals surface area contributed by atoms with Gasteiger partial charge in [-0.05, 0) is 54.8 Å². The summed E-state index contributed by atoms with van der Waals surface area (Å²) in [4.78, 5) is 4.77. The van der Waals surface area contributed by atoms with Crippen LogP contribution in [0.25, 0.3) is 11.0 Å². The number of aromatic nitrogens is 2. The third kappa shape index (κ3) is 2.48. The summed E-state index contributed by atoms with van der Waals surface area (Å²) < 4.78 is 2.28. The Kier molecular flexibility index (Phi) is 3.68. The predicted octanol–water partition coefficient (Wildman–Crippen LogP) is 4.14. The van der Waals surface area contributed by atoms with Crippen molar-refractivity contribution in [1.29, 1.82) is 5.26 Å². The van der Waals surface area contributed by atoms with E-state index in [0.29, 0.717) is 5.56 Å². The van der Waals surface area contributed by atoms with E-state index in [1.807, 2.05) is 24.3 Å². The van der Waals surface area contributed by atoms with E-state index in [0.717, 1.165) is 24.3 Å². The van der Waals surface area contributed by atoms with Gasteiger partial charge in [-0.1, -0.05) is 19.1 Å². The predicted molar refractivity (Wildman–Crippen MR) is 88.8 cm³/mol. The van der Waals surface area contributed by atoms with Crippen molar-refractivity contribution in [2.75, 3.05) is 0 Å². The summed E-state index contributed by atoms with van der Waals surface area (Å²) in [6.07, 6.45) is 0.906. The van der Waals surface area contributed by atoms with E-state index in [1.54, 1.807) is 0 Å². The Labute approximate surface area is 130 Å². The minimum absolute atomic E-state index is 0.696. The number of nitrogens with zero attached hydrogens (tertiary/aromatic N) is 3. The Morgan fingerprint density at radius 1 is 1.09 bits per heavy atom. The second-order valence-electron chi connectivity index (χ2n) is 5.70. The van der Waals surface area contributed by atoms with Crippen LogP contribution in [-0.4, -0.2) is 9.55 Å². The maximum Gasteiger partial charge on any atom is 0.109 e. The van der Waals surface area contributed by atoms with Gasteiger partial charge in [0, 0.05) is 13.0 Å². The maximum absolute atomic E-state index is 8.90. The van der Waals surface area contributed by atoms with Crippen molar-refractivity contribution in [3.63, 3.8) is 0 Å². The molecule has 0 atom stereocenters. The first-order valence-electron chi connectivity index (χ1n) is 7.57. The standard InChI is InChI=1S/C19H19N3/c1-4-19-21-17-9-13(2)14(3)10-18(17)22(19)12-16-7-5-15(11-20)6-8-16/h5-10H,4,12H2,1-3H3. The van der Waals surface area contributed by atoms with E-state index in [4.69, 9.17) is 10.2 Å². The Hall–Kier alpha value is -2.60. The van der Waals surface area contributed by atoms with Gasteiger partial charge in [0.05, 0.1) is 22.7 Å². The van der Waals surface area contributed by atoms with Gasteiger partial charge < -0.3 is 4.57 Å². The first-order chi connectivity index (χ1) is 10.6. The highest BCUT2D eigenvalue weighted by Gasteiger charge is 2.11. The van der Waals surface area contributed by atoms with Gasteiger partial charge in [-0.3, -0.25) is 0 Å². The van der Waals surface area contributed by atoms with Gasteiger partial charge in [-0.25, -0.2) is 4.98 Å². The Bertz CT molecular complexity index is 864. The molecular formula is C19H19N3. The molecule has 0 bridgehead atoms. The molecule has 0 saturated heterocycles. The van der Waals surface area contributed by atoms with Gasteiger partial charge in [-0.2, -0.15) is 5.26 Å². The Morgan fingerprint density at radius 2 is 1.77 bits per heavy atom. The number of hydrogen-bond acceptors (Lipinski definition) is 2. The molecule has 22 heavy (non-hydrogen) atoms. The van der Waals surface area contributed by atoms with E-state index in [-0.39, 0.29) is 0 Å². The Morgan fingerprint density at radius 3 is 2.41 bits per heavy atom. The van der Waals surface area contributed by atoms with Crippen molar-refractivity contribution in [2.24, 2.45) is 0 Å². The molecule has 3 nitrogen and oxygen atoms in total. The molecule has 3 heteroatoms. The van der Waals surface area contributed by atoms with Gasteiger partial charge in [0.15, 0.2) is 0 Å². The van der Waals surface area contributed by atoms with Gasteiger partial charge in [0.1, 0.15) is 5.82 Å². The smallest absolute Gasteiger partial charge is 0.109 e. The van der Waals surface area contributed by atoms with Crippen LogP contribution in [0.2, 0.25) is 0 Å². The number of aryl methyl sites for hydroxylation is 3. The topological polar surface area (TPSA) is 41.6 Å². The fourth-order valence-corrected chi connectivity index (χ4v) is 2.74. The highest BCUT2D eigenvalue weighted by atomic mass is 15.1. The lowest BCUT2D eigenvalue weighted by molar-refractivity contribution is 0.753. The molecule has 0 N–H and O–H groups in total. The largest absolute Gasteiger partial charge is 0.323 e. The first-order valence-corrected chi connectivity index (χ1v) is 7.57. The molecule has 1 heterocycles. The van der Waals surface area contributed by atoms with Crippen molar-refractivity contribution in [2.45, 2.75) is 33.7 Å². The molecule has 0 spiro atoms. The number of hydrogen-bond donors (Lipinski definition) is 0. The monoisotopic (exact) mass is 289 g/mol. The molecule has 0 fully saturated rings. The van der Waals surface area contributed by atoms with Crippen LogP contribution in [0.15, 0.2) is 36.4 Å². The Balaban J connectivity index is 2.08. The molecule has 1 aromatic heterocycles. The summed E-state index contributed by atoms with van der Waals surface area (Å²) in [5.41, 5.74) is 6.69. The molecular weight excluding hydrogens is 270 g/mol. The second-order valence-corrected chi connectivity index (χ2v) is 5.70. The fourth-order valence-electron chi connectivity index (χ4n) is 2.74. The molecule has 0 radical (unpaired) electrons. The molecule has 0 aliphatic heterocycles. The number of imidazole rings is 1. The van der Waals surface area contributed by atoms with E-state index in [2.05, 4.69) is 43.5 Å². The van der Waals surface area contributed by atoms with Crippen LogP contribution in [0.1, 0.15) is 35.0 Å². The van der Waals surface area contributed by atoms with E-state index >= 15 is 0 Å². The van der Waals surface area contributed by atoms with Gasteiger partial charge in [-0.15, -0.1) is 0 Å². The summed E-state index contributed by atoms with van der Waals surface area (Å²) >= 11 is 0. The molecule has 2 aromatic carbocycles. The highest BCUT2D eigenvalue weighted by molar-refractivity contribution is 5.78. The highest BCUT2D eigenvalue weighted by Crippen LogP contribution is 2.22. The molecule has 0 saturated carbocycles. The zero-order valence-electron chi connectivity index (χ0n) is 13.2. The van der Waals surface area contributed by atoms with Crippen LogP contribution in [0, 0.1) is 25.2 Å². The first kappa shape index (κ1) is 14.3. The number of fused-ring (bicyclic) bond motifs is 1. The van der Waals surface area contributed by atoms with Crippen LogP contribution in [0.4, 0.5) is 0 Å². The van der Waals surface area contributed by atoms with Crippen molar-refractivity contribution in [3.8, 4) is 6.07 Å². The molecule has 0 aliphatic carbocycles. The van der Waals surface area contributed by atoms with E-state index in [9.17, 15) is 0 Å². The quantitative estimate of drug-likeness (QED) is 0.727. The van der Waals surface area contributed by atoms with Crippen molar-refractivity contribution >= 4 is 11.0 Å². The lowest BCUT2D eigenvalue weighted by Gasteiger charge is -2.09. The van der Waals surface area contributed by atoms with Crippen molar-refractivity contribution in [1.82, 2.24) is 9.55 Å². The maximum atomic E-state index is 8.90. The zero-order valence-corrected chi connectivity index (χ0v) is 13.2. The SMILES string of the molecule is CCc1nc2cc(C)c(C)cc2n1Cc1ccc(C#N)cc1. The van der Waals surface area contributed by atoms with Crippen LogP contribution in [0.3, 0.4) is 0 Å². The average Bonchev–Trinajstić information content (AvgIpc) is 2.86. The zero-order chi connectivity index (χ0) is 15.7.